The van der Waals surface area contributed by atoms with Crippen LogP contribution in [0.25, 0.3) is 0 Å². The molecular formula is C15H29ClN2O2. The predicted molar refractivity (Wildman–Crippen MR) is 83.0 cm³/mol. The second-order valence-electron chi connectivity index (χ2n) is 6.15. The van der Waals surface area contributed by atoms with Gasteiger partial charge in [-0.15, -0.1) is 12.4 Å². The van der Waals surface area contributed by atoms with Crippen LogP contribution in [-0.4, -0.2) is 43.2 Å². The van der Waals surface area contributed by atoms with Crippen molar-refractivity contribution in [3.05, 3.63) is 0 Å². The summed E-state index contributed by atoms with van der Waals surface area (Å²) in [5.41, 5.74) is 5.55. The highest BCUT2D eigenvalue weighted by molar-refractivity contribution is 5.85. The Morgan fingerprint density at radius 2 is 1.85 bits per heavy atom. The van der Waals surface area contributed by atoms with Crippen LogP contribution in [0.2, 0.25) is 0 Å². The van der Waals surface area contributed by atoms with Gasteiger partial charge in [0.15, 0.2) is 0 Å². The quantitative estimate of drug-likeness (QED) is 0.847. The van der Waals surface area contributed by atoms with E-state index < -0.39 is 0 Å². The monoisotopic (exact) mass is 304 g/mol. The van der Waals surface area contributed by atoms with E-state index in [1.54, 1.807) is 0 Å². The first-order chi connectivity index (χ1) is 9.20. The maximum atomic E-state index is 12.0. The van der Waals surface area contributed by atoms with Gasteiger partial charge in [-0.25, -0.2) is 0 Å². The molecule has 118 valence electrons. The number of nitrogens with zero attached hydrogens (tertiary/aromatic N) is 1. The first-order valence-electron chi connectivity index (χ1n) is 7.81. The normalized spacial score (nSPS) is 22.6. The minimum absolute atomic E-state index is 0. The van der Waals surface area contributed by atoms with Crippen molar-refractivity contribution < 1.29 is 9.53 Å². The Hall–Kier alpha value is -0.320. The molecule has 5 heteroatoms. The average molecular weight is 305 g/mol. The van der Waals surface area contributed by atoms with Crippen LogP contribution in [0.4, 0.5) is 0 Å². The van der Waals surface area contributed by atoms with Crippen LogP contribution in [0.3, 0.4) is 0 Å². The van der Waals surface area contributed by atoms with Crippen molar-refractivity contribution in [3.63, 3.8) is 0 Å². The van der Waals surface area contributed by atoms with E-state index in [0.717, 1.165) is 38.5 Å². The number of piperidine rings is 1. The van der Waals surface area contributed by atoms with Crippen LogP contribution in [0.5, 0.6) is 0 Å². The van der Waals surface area contributed by atoms with E-state index in [-0.39, 0.29) is 24.2 Å². The molecule has 2 aliphatic rings. The van der Waals surface area contributed by atoms with Crippen molar-refractivity contribution in [2.75, 3.05) is 26.2 Å². The molecule has 0 radical (unpaired) electrons. The zero-order chi connectivity index (χ0) is 13.7. The lowest BCUT2D eigenvalue weighted by Crippen LogP contribution is -2.44. The fourth-order valence-electron chi connectivity index (χ4n) is 3.10. The van der Waals surface area contributed by atoms with E-state index in [9.17, 15) is 4.79 Å². The van der Waals surface area contributed by atoms with Gasteiger partial charge in [0.2, 0.25) is 5.91 Å². The molecule has 20 heavy (non-hydrogen) atoms. The first-order valence-corrected chi connectivity index (χ1v) is 7.81. The summed E-state index contributed by atoms with van der Waals surface area (Å²) in [6, 6.07) is 0. The summed E-state index contributed by atoms with van der Waals surface area (Å²) < 4.78 is 6.02. The largest absolute Gasteiger partial charge is 0.378 e. The minimum Gasteiger partial charge on any atom is -0.378 e. The molecular weight excluding hydrogens is 276 g/mol. The van der Waals surface area contributed by atoms with Gasteiger partial charge in [-0.05, 0) is 31.6 Å². The summed E-state index contributed by atoms with van der Waals surface area (Å²) in [4.78, 5) is 14.0. The van der Waals surface area contributed by atoms with E-state index in [4.69, 9.17) is 10.5 Å². The Kier molecular flexibility index (Phi) is 7.85. The molecule has 0 bridgehead atoms. The Morgan fingerprint density at radius 1 is 1.25 bits per heavy atom. The highest BCUT2D eigenvalue weighted by Gasteiger charge is 2.26. The number of ether oxygens (including phenoxy) is 1. The molecule has 1 aliphatic carbocycles. The summed E-state index contributed by atoms with van der Waals surface area (Å²) in [5, 5.41) is 0. The smallest absolute Gasteiger partial charge is 0.226 e. The van der Waals surface area contributed by atoms with Crippen molar-refractivity contribution in [3.8, 4) is 0 Å². The zero-order valence-corrected chi connectivity index (χ0v) is 13.4. The third kappa shape index (κ3) is 4.90. The second-order valence-corrected chi connectivity index (χ2v) is 6.15. The molecule has 2 N–H and O–H groups in total. The summed E-state index contributed by atoms with van der Waals surface area (Å²) >= 11 is 0. The number of carbonyl (C=O) groups is 1. The molecule has 1 saturated heterocycles. The molecule has 2 fully saturated rings. The summed E-state index contributed by atoms with van der Waals surface area (Å²) in [6.45, 7) is 4.94. The van der Waals surface area contributed by atoms with Gasteiger partial charge < -0.3 is 15.4 Å². The highest BCUT2D eigenvalue weighted by atomic mass is 35.5. The van der Waals surface area contributed by atoms with E-state index >= 15 is 0 Å². The molecule has 1 aliphatic heterocycles. The molecule has 0 aromatic carbocycles. The minimum atomic E-state index is -0.0454. The Balaban J connectivity index is 0.00000200. The molecule has 1 amide bonds. The fourth-order valence-corrected chi connectivity index (χ4v) is 3.10. The molecule has 1 unspecified atom stereocenters. The van der Waals surface area contributed by atoms with Gasteiger partial charge in [-0.1, -0.05) is 19.8 Å². The number of hydrogen-bond acceptors (Lipinski definition) is 3. The number of hydrogen-bond donors (Lipinski definition) is 1. The van der Waals surface area contributed by atoms with Gasteiger partial charge in [-0.3, -0.25) is 4.79 Å². The Labute approximate surface area is 128 Å². The maximum absolute atomic E-state index is 12.0. The number of likely N-dealkylation sites (tertiary alicyclic amines) is 1. The molecule has 0 aromatic heterocycles. The van der Waals surface area contributed by atoms with Crippen LogP contribution in [0, 0.1) is 11.8 Å². The molecule has 1 atom stereocenters. The molecule has 2 rings (SSSR count). The lowest BCUT2D eigenvalue weighted by Gasteiger charge is -2.33. The van der Waals surface area contributed by atoms with Crippen molar-refractivity contribution in [2.24, 2.45) is 17.6 Å². The maximum Gasteiger partial charge on any atom is 0.226 e. The number of nitrogens with two attached hydrogens (primary N) is 1. The third-order valence-corrected chi connectivity index (χ3v) is 4.57. The van der Waals surface area contributed by atoms with Gasteiger partial charge in [0.05, 0.1) is 6.10 Å². The van der Waals surface area contributed by atoms with Gasteiger partial charge in [0.25, 0.3) is 0 Å². The van der Waals surface area contributed by atoms with Crippen molar-refractivity contribution in [1.82, 2.24) is 4.90 Å². The molecule has 4 nitrogen and oxygen atoms in total. The van der Waals surface area contributed by atoms with Crippen LogP contribution in [0.15, 0.2) is 0 Å². The average Bonchev–Trinajstić information content (AvgIpc) is 2.97. The lowest BCUT2D eigenvalue weighted by atomic mass is 10.0. The lowest BCUT2D eigenvalue weighted by molar-refractivity contribution is -0.137. The van der Waals surface area contributed by atoms with Crippen LogP contribution < -0.4 is 5.73 Å². The number of rotatable bonds is 5. The zero-order valence-electron chi connectivity index (χ0n) is 12.6. The topological polar surface area (TPSA) is 55.6 Å². The van der Waals surface area contributed by atoms with Crippen molar-refractivity contribution >= 4 is 18.3 Å². The fraction of sp³-hybridized carbons (Fsp3) is 0.933. The summed E-state index contributed by atoms with van der Waals surface area (Å²) in [6.07, 6.45) is 7.75. The van der Waals surface area contributed by atoms with Crippen LogP contribution >= 0.6 is 12.4 Å². The van der Waals surface area contributed by atoms with E-state index in [1.165, 1.54) is 25.7 Å². The van der Waals surface area contributed by atoms with Gasteiger partial charge >= 0.3 is 0 Å². The van der Waals surface area contributed by atoms with Crippen molar-refractivity contribution in [1.29, 1.82) is 0 Å². The Bertz CT molecular complexity index is 288. The molecule has 0 spiro atoms. The van der Waals surface area contributed by atoms with Gasteiger partial charge in [-0.2, -0.15) is 0 Å². The van der Waals surface area contributed by atoms with Crippen LogP contribution in [0.1, 0.15) is 45.4 Å². The summed E-state index contributed by atoms with van der Waals surface area (Å²) in [7, 11) is 0. The Morgan fingerprint density at radius 3 is 2.40 bits per heavy atom. The van der Waals surface area contributed by atoms with E-state index in [1.807, 2.05) is 11.8 Å². The SMILES string of the molecule is CC(CN)C(=O)N1CCC(OCC2CCCC2)CC1.Cl. The van der Waals surface area contributed by atoms with E-state index in [2.05, 4.69) is 0 Å². The summed E-state index contributed by atoms with van der Waals surface area (Å²) in [5.74, 6) is 0.949. The molecule has 0 aromatic rings. The molecule has 1 saturated carbocycles. The number of carbonyl (C=O) groups excluding carboxylic acids is 1. The first kappa shape index (κ1) is 17.7. The highest BCUT2D eigenvalue weighted by Crippen LogP contribution is 2.26. The van der Waals surface area contributed by atoms with Gasteiger partial charge in [0, 0.05) is 32.2 Å². The second kappa shape index (κ2) is 8.85. The number of halogens is 1. The predicted octanol–water partition coefficient (Wildman–Crippen LogP) is 2.20. The van der Waals surface area contributed by atoms with Crippen molar-refractivity contribution in [2.45, 2.75) is 51.6 Å². The molecule has 1 heterocycles. The third-order valence-electron chi connectivity index (χ3n) is 4.57. The van der Waals surface area contributed by atoms with Gasteiger partial charge in [0.1, 0.15) is 0 Å². The standard InChI is InChI=1S/C15H28N2O2.ClH/c1-12(10-16)15(18)17-8-6-14(7-9-17)19-11-13-4-2-3-5-13;/h12-14H,2-11,16H2,1H3;1H. The van der Waals surface area contributed by atoms with Crippen LogP contribution in [-0.2, 0) is 9.53 Å². The van der Waals surface area contributed by atoms with E-state index in [0.29, 0.717) is 12.6 Å². The number of amides is 1.